The number of hydrogen-bond donors (Lipinski definition) is 5. The second-order valence-corrected chi connectivity index (χ2v) is 5.58. The first kappa shape index (κ1) is 18.1. The summed E-state index contributed by atoms with van der Waals surface area (Å²) in [6.07, 6.45) is -6.68. The van der Waals surface area contributed by atoms with Gasteiger partial charge in [0.1, 0.15) is 30.2 Å². The van der Waals surface area contributed by atoms with Crippen molar-refractivity contribution in [2.24, 2.45) is 0 Å². The Balaban J connectivity index is 2.01. The molecule has 128 valence electrons. The third kappa shape index (κ3) is 4.40. The summed E-state index contributed by atoms with van der Waals surface area (Å²) in [6, 6.07) is 6.29. The van der Waals surface area contributed by atoms with Crippen LogP contribution in [0.15, 0.2) is 24.3 Å². The molecule has 5 N–H and O–H groups in total. The van der Waals surface area contributed by atoms with Crippen LogP contribution < -0.4 is 10.1 Å². The smallest absolute Gasteiger partial charge is 0.235 e. The Kier molecular flexibility index (Phi) is 6.33. The van der Waals surface area contributed by atoms with Gasteiger partial charge in [0.15, 0.2) is 0 Å². The number of amides is 1. The van der Waals surface area contributed by atoms with E-state index in [1.807, 2.05) is 0 Å². The first-order valence-electron chi connectivity index (χ1n) is 6.89. The van der Waals surface area contributed by atoms with E-state index >= 15 is 0 Å². The van der Waals surface area contributed by atoms with E-state index < -0.39 is 37.3 Å². The number of aliphatic hydroxyl groups is 4. The highest BCUT2D eigenvalue weighted by molar-refractivity contribution is 9.09. The quantitative estimate of drug-likeness (QED) is 0.415. The Labute approximate surface area is 140 Å². The fourth-order valence-corrected chi connectivity index (χ4v) is 2.25. The predicted octanol–water partition coefficient (Wildman–Crippen LogP) is -0.801. The molecule has 1 fully saturated rings. The highest BCUT2D eigenvalue weighted by Crippen LogP contribution is 2.25. The number of aliphatic hydroxyl groups excluding tert-OH is 4. The van der Waals surface area contributed by atoms with Crippen molar-refractivity contribution in [3.8, 4) is 5.75 Å². The molecular weight excluding hydrogens is 374 g/mol. The molecule has 23 heavy (non-hydrogen) atoms. The van der Waals surface area contributed by atoms with Crippen LogP contribution in [0.25, 0.3) is 0 Å². The van der Waals surface area contributed by atoms with Crippen LogP contribution in [0.1, 0.15) is 0 Å². The zero-order valence-electron chi connectivity index (χ0n) is 12.0. The summed E-state index contributed by atoms with van der Waals surface area (Å²) in [5.41, 5.74) is 0.565. The average Bonchev–Trinajstić information content (AvgIpc) is 2.56. The van der Waals surface area contributed by atoms with Gasteiger partial charge in [-0.05, 0) is 24.3 Å². The Hall–Kier alpha value is -1.23. The normalized spacial score (nSPS) is 30.7. The zero-order valence-corrected chi connectivity index (χ0v) is 13.6. The summed E-state index contributed by atoms with van der Waals surface area (Å²) in [5.74, 6) is 0.124. The van der Waals surface area contributed by atoms with Crippen LogP contribution >= 0.6 is 15.9 Å². The molecule has 0 aliphatic carbocycles. The summed E-state index contributed by atoms with van der Waals surface area (Å²) in [7, 11) is 0. The standard InChI is InChI=1S/C14H18BrNO7/c15-5-10(18)16-7-1-3-8(4-2-7)22-14-13(21)12(20)11(19)9(6-17)23-14/h1-4,9,11-14,17,19-21H,5-6H2,(H,16,18)/t9-,11+,12+,13-,14-/m1/s1. The predicted molar refractivity (Wildman–Crippen MR) is 83.3 cm³/mol. The van der Waals surface area contributed by atoms with Gasteiger partial charge in [0.05, 0.1) is 11.9 Å². The van der Waals surface area contributed by atoms with Crippen LogP contribution in [-0.4, -0.2) is 69.0 Å². The molecule has 0 spiro atoms. The van der Waals surface area contributed by atoms with Gasteiger partial charge >= 0.3 is 0 Å². The van der Waals surface area contributed by atoms with Gasteiger partial charge in [0.2, 0.25) is 12.2 Å². The lowest BCUT2D eigenvalue weighted by Gasteiger charge is -2.39. The van der Waals surface area contributed by atoms with Crippen molar-refractivity contribution in [2.75, 3.05) is 17.3 Å². The van der Waals surface area contributed by atoms with Crippen molar-refractivity contribution in [1.29, 1.82) is 0 Å². The lowest BCUT2D eigenvalue weighted by atomic mass is 9.99. The number of rotatable bonds is 5. The molecule has 2 rings (SSSR count). The Bertz CT molecular complexity index is 524. The van der Waals surface area contributed by atoms with E-state index in [4.69, 9.17) is 14.6 Å². The molecule has 0 radical (unpaired) electrons. The molecule has 1 saturated heterocycles. The monoisotopic (exact) mass is 391 g/mol. The van der Waals surface area contributed by atoms with Crippen LogP contribution in [0.3, 0.4) is 0 Å². The van der Waals surface area contributed by atoms with E-state index in [2.05, 4.69) is 21.2 Å². The minimum atomic E-state index is -1.50. The number of nitrogens with one attached hydrogen (secondary N) is 1. The first-order chi connectivity index (χ1) is 11.0. The number of halogens is 1. The van der Waals surface area contributed by atoms with Crippen molar-refractivity contribution in [3.05, 3.63) is 24.3 Å². The van der Waals surface area contributed by atoms with Crippen molar-refractivity contribution in [3.63, 3.8) is 0 Å². The summed E-state index contributed by atoms with van der Waals surface area (Å²) in [4.78, 5) is 11.2. The Morgan fingerprint density at radius 1 is 1.17 bits per heavy atom. The van der Waals surface area contributed by atoms with Crippen LogP contribution in [0.4, 0.5) is 5.69 Å². The van der Waals surface area contributed by atoms with E-state index in [1.54, 1.807) is 24.3 Å². The minimum absolute atomic E-state index is 0.177. The number of benzene rings is 1. The number of hydrogen-bond acceptors (Lipinski definition) is 7. The second-order valence-electron chi connectivity index (χ2n) is 5.02. The number of carbonyl (C=O) groups is 1. The summed E-state index contributed by atoms with van der Waals surface area (Å²) >= 11 is 3.04. The van der Waals surface area contributed by atoms with E-state index in [0.29, 0.717) is 11.4 Å². The van der Waals surface area contributed by atoms with E-state index in [0.717, 1.165) is 0 Å². The molecule has 1 aromatic carbocycles. The molecule has 8 nitrogen and oxygen atoms in total. The maximum atomic E-state index is 11.2. The van der Waals surface area contributed by atoms with Gasteiger partial charge in [-0.1, -0.05) is 15.9 Å². The molecule has 5 atom stereocenters. The summed E-state index contributed by atoms with van der Waals surface area (Å²) in [6.45, 7) is -0.525. The van der Waals surface area contributed by atoms with Gasteiger partial charge in [-0.15, -0.1) is 0 Å². The molecule has 0 unspecified atom stereocenters. The van der Waals surface area contributed by atoms with Crippen molar-refractivity contribution < 1.29 is 34.7 Å². The van der Waals surface area contributed by atoms with Crippen LogP contribution in [0.2, 0.25) is 0 Å². The van der Waals surface area contributed by atoms with Gasteiger partial charge < -0.3 is 35.2 Å². The van der Waals surface area contributed by atoms with Crippen LogP contribution in [0, 0.1) is 0 Å². The van der Waals surface area contributed by atoms with Crippen molar-refractivity contribution in [2.45, 2.75) is 30.7 Å². The van der Waals surface area contributed by atoms with E-state index in [1.165, 1.54) is 0 Å². The highest BCUT2D eigenvalue weighted by atomic mass is 79.9. The fourth-order valence-electron chi connectivity index (χ4n) is 2.11. The van der Waals surface area contributed by atoms with E-state index in [9.17, 15) is 20.1 Å². The van der Waals surface area contributed by atoms with Crippen LogP contribution in [-0.2, 0) is 9.53 Å². The number of ether oxygens (including phenoxy) is 2. The van der Waals surface area contributed by atoms with Crippen molar-refractivity contribution in [1.82, 2.24) is 0 Å². The maximum Gasteiger partial charge on any atom is 0.235 e. The number of carbonyl (C=O) groups excluding carboxylic acids is 1. The second kappa shape index (κ2) is 8.04. The molecule has 9 heteroatoms. The summed E-state index contributed by atoms with van der Waals surface area (Å²) in [5, 5.41) is 41.2. The molecule has 1 aliphatic heterocycles. The highest BCUT2D eigenvalue weighted by Gasteiger charge is 2.44. The Morgan fingerprint density at radius 3 is 2.39 bits per heavy atom. The molecule has 1 amide bonds. The first-order valence-corrected chi connectivity index (χ1v) is 8.01. The zero-order chi connectivity index (χ0) is 17.0. The average molecular weight is 392 g/mol. The topological polar surface area (TPSA) is 128 Å². The van der Waals surface area contributed by atoms with E-state index in [-0.39, 0.29) is 11.2 Å². The maximum absolute atomic E-state index is 11.2. The lowest BCUT2D eigenvalue weighted by Crippen LogP contribution is -2.60. The molecule has 0 aromatic heterocycles. The molecule has 1 aromatic rings. The summed E-state index contributed by atoms with van der Waals surface area (Å²) < 4.78 is 10.7. The van der Waals surface area contributed by atoms with Crippen LogP contribution in [0.5, 0.6) is 5.75 Å². The number of alkyl halides is 1. The van der Waals surface area contributed by atoms with Gasteiger partial charge in [-0.25, -0.2) is 0 Å². The SMILES string of the molecule is O=C(CBr)Nc1ccc(O[C@@H]2O[C@H](CO)[C@H](O)[C@H](O)[C@H]2O)cc1. The Morgan fingerprint density at radius 2 is 1.83 bits per heavy atom. The molecule has 1 aliphatic rings. The molecule has 0 saturated carbocycles. The van der Waals surface area contributed by atoms with Crippen molar-refractivity contribution >= 4 is 27.5 Å². The third-order valence-corrected chi connectivity index (χ3v) is 3.87. The number of anilines is 1. The molecule has 0 bridgehead atoms. The molecule has 1 heterocycles. The van der Waals surface area contributed by atoms with Gasteiger partial charge in [0.25, 0.3) is 0 Å². The third-order valence-electron chi connectivity index (χ3n) is 3.36. The largest absolute Gasteiger partial charge is 0.462 e. The lowest BCUT2D eigenvalue weighted by molar-refractivity contribution is -0.277. The van der Waals surface area contributed by atoms with Gasteiger partial charge in [-0.2, -0.15) is 0 Å². The minimum Gasteiger partial charge on any atom is -0.462 e. The van der Waals surface area contributed by atoms with Gasteiger partial charge in [0, 0.05) is 5.69 Å². The van der Waals surface area contributed by atoms with Gasteiger partial charge in [-0.3, -0.25) is 4.79 Å². The molecular formula is C14H18BrNO7. The fraction of sp³-hybridized carbons (Fsp3) is 0.500.